The minimum atomic E-state index is -0.716. The van der Waals surface area contributed by atoms with Gasteiger partial charge in [0.2, 0.25) is 5.91 Å². The van der Waals surface area contributed by atoms with Crippen molar-refractivity contribution in [2.24, 2.45) is 5.92 Å². The van der Waals surface area contributed by atoms with E-state index in [1.54, 1.807) is 0 Å². The molecule has 6 heteroatoms. The Labute approximate surface area is 138 Å². The number of nitrogens with one attached hydrogen (secondary N) is 1. The summed E-state index contributed by atoms with van der Waals surface area (Å²) in [4.78, 5) is 24.8. The third-order valence-corrected chi connectivity index (χ3v) is 4.85. The fourth-order valence-electron chi connectivity index (χ4n) is 3.38. The standard InChI is InChI=1S/C17H30N2O4/c20-16(13-19-10-7-14(8-11-19)17(21)22)18-9-4-12-23-15-5-2-1-3-6-15/h14-15H,1-13H2,(H,18,20)(H,21,22). The lowest BCUT2D eigenvalue weighted by Crippen LogP contribution is -2.42. The van der Waals surface area contributed by atoms with Gasteiger partial charge in [-0.1, -0.05) is 19.3 Å². The van der Waals surface area contributed by atoms with Crippen molar-refractivity contribution in [1.82, 2.24) is 10.2 Å². The van der Waals surface area contributed by atoms with Gasteiger partial charge in [0.25, 0.3) is 0 Å². The molecule has 0 radical (unpaired) electrons. The topological polar surface area (TPSA) is 78.9 Å². The molecular weight excluding hydrogens is 296 g/mol. The zero-order chi connectivity index (χ0) is 16.5. The van der Waals surface area contributed by atoms with Gasteiger partial charge >= 0.3 is 5.97 Å². The minimum Gasteiger partial charge on any atom is -0.481 e. The van der Waals surface area contributed by atoms with Crippen LogP contribution < -0.4 is 5.32 Å². The molecule has 2 fully saturated rings. The number of carboxylic acid groups (broad SMARTS) is 1. The fraction of sp³-hybridized carbons (Fsp3) is 0.882. The van der Waals surface area contributed by atoms with Crippen LogP contribution in [-0.4, -0.2) is 60.8 Å². The Morgan fingerprint density at radius 1 is 1.09 bits per heavy atom. The molecule has 132 valence electrons. The van der Waals surface area contributed by atoms with Crippen molar-refractivity contribution in [1.29, 1.82) is 0 Å². The Morgan fingerprint density at radius 3 is 2.43 bits per heavy atom. The predicted molar refractivity (Wildman–Crippen MR) is 87.3 cm³/mol. The smallest absolute Gasteiger partial charge is 0.306 e. The van der Waals surface area contributed by atoms with Gasteiger partial charge in [-0.25, -0.2) is 0 Å². The number of hydrogen-bond donors (Lipinski definition) is 2. The first-order chi connectivity index (χ1) is 11.1. The molecular formula is C17H30N2O4. The van der Waals surface area contributed by atoms with Crippen molar-refractivity contribution in [2.45, 2.75) is 57.5 Å². The van der Waals surface area contributed by atoms with Gasteiger partial charge in [-0.15, -0.1) is 0 Å². The number of amides is 1. The maximum absolute atomic E-state index is 11.9. The second-order valence-electron chi connectivity index (χ2n) is 6.72. The summed E-state index contributed by atoms with van der Waals surface area (Å²) in [6.07, 6.45) is 8.80. The molecule has 2 aliphatic rings. The minimum absolute atomic E-state index is 0.0245. The van der Waals surface area contributed by atoms with E-state index in [4.69, 9.17) is 9.84 Å². The molecule has 6 nitrogen and oxygen atoms in total. The highest BCUT2D eigenvalue weighted by molar-refractivity contribution is 5.78. The average molecular weight is 326 g/mol. The van der Waals surface area contributed by atoms with Crippen LogP contribution >= 0.6 is 0 Å². The third kappa shape index (κ3) is 6.87. The van der Waals surface area contributed by atoms with E-state index in [-0.39, 0.29) is 11.8 Å². The Bertz CT molecular complexity index is 375. The number of carboxylic acids is 1. The first-order valence-electron chi connectivity index (χ1n) is 8.98. The predicted octanol–water partition coefficient (Wildman–Crippen LogP) is 1.64. The number of aliphatic carboxylic acids is 1. The SMILES string of the molecule is O=C(CN1CCC(C(=O)O)CC1)NCCCOC1CCCCC1. The van der Waals surface area contributed by atoms with Gasteiger partial charge in [0.15, 0.2) is 0 Å². The number of carbonyl (C=O) groups excluding carboxylic acids is 1. The second kappa shape index (κ2) is 9.88. The maximum atomic E-state index is 11.9. The van der Waals surface area contributed by atoms with Crippen molar-refractivity contribution in [3.05, 3.63) is 0 Å². The molecule has 2 N–H and O–H groups in total. The number of likely N-dealkylation sites (tertiary alicyclic amines) is 1. The van der Waals surface area contributed by atoms with Gasteiger partial charge < -0.3 is 15.2 Å². The number of ether oxygens (including phenoxy) is 1. The summed E-state index contributed by atoms with van der Waals surface area (Å²) < 4.78 is 5.83. The summed E-state index contributed by atoms with van der Waals surface area (Å²) in [6.45, 7) is 3.12. The summed E-state index contributed by atoms with van der Waals surface area (Å²) in [7, 11) is 0. The first kappa shape index (κ1) is 18.2. The zero-order valence-corrected chi connectivity index (χ0v) is 14.0. The van der Waals surface area contributed by atoms with Gasteiger partial charge in [-0.3, -0.25) is 14.5 Å². The molecule has 0 atom stereocenters. The number of hydrogen-bond acceptors (Lipinski definition) is 4. The van der Waals surface area contributed by atoms with Gasteiger partial charge in [-0.05, 0) is 45.2 Å². The molecule has 0 unspecified atom stereocenters. The molecule has 0 bridgehead atoms. The second-order valence-corrected chi connectivity index (χ2v) is 6.72. The molecule has 23 heavy (non-hydrogen) atoms. The van der Waals surface area contributed by atoms with Crippen molar-refractivity contribution in [2.75, 3.05) is 32.8 Å². The Balaban J connectivity index is 1.48. The summed E-state index contributed by atoms with van der Waals surface area (Å²) in [5, 5.41) is 11.9. The van der Waals surface area contributed by atoms with E-state index in [1.165, 1.54) is 32.1 Å². The molecule has 1 amide bonds. The number of rotatable bonds is 8. The lowest BCUT2D eigenvalue weighted by Gasteiger charge is -2.29. The van der Waals surface area contributed by atoms with E-state index in [2.05, 4.69) is 5.32 Å². The molecule has 1 aliphatic carbocycles. The highest BCUT2D eigenvalue weighted by Crippen LogP contribution is 2.20. The Hall–Kier alpha value is -1.14. The summed E-state index contributed by atoms with van der Waals surface area (Å²) >= 11 is 0. The van der Waals surface area contributed by atoms with Crippen molar-refractivity contribution in [3.63, 3.8) is 0 Å². The molecule has 0 spiro atoms. The molecule has 0 aromatic heterocycles. The van der Waals surface area contributed by atoms with Crippen LogP contribution in [0.2, 0.25) is 0 Å². The largest absolute Gasteiger partial charge is 0.481 e. The molecule has 1 saturated heterocycles. The summed E-state index contributed by atoms with van der Waals surface area (Å²) in [6, 6.07) is 0. The Morgan fingerprint density at radius 2 is 1.78 bits per heavy atom. The third-order valence-electron chi connectivity index (χ3n) is 4.85. The van der Waals surface area contributed by atoms with Crippen molar-refractivity contribution in [3.8, 4) is 0 Å². The van der Waals surface area contributed by atoms with Crippen molar-refractivity contribution >= 4 is 11.9 Å². The number of piperidine rings is 1. The lowest BCUT2D eigenvalue weighted by molar-refractivity contribution is -0.143. The van der Waals surface area contributed by atoms with E-state index >= 15 is 0 Å². The quantitative estimate of drug-likeness (QED) is 0.663. The van der Waals surface area contributed by atoms with Gasteiger partial charge in [0.05, 0.1) is 18.6 Å². The van der Waals surface area contributed by atoms with Crippen LogP contribution in [0.5, 0.6) is 0 Å². The molecule has 0 aromatic carbocycles. The summed E-state index contributed by atoms with van der Waals surface area (Å²) in [5.74, 6) is -0.935. The number of nitrogens with zero attached hydrogens (tertiary/aromatic N) is 1. The van der Waals surface area contributed by atoms with Gasteiger partial charge in [0.1, 0.15) is 0 Å². The van der Waals surface area contributed by atoms with Crippen LogP contribution in [0.1, 0.15) is 51.4 Å². The normalized spacial score (nSPS) is 21.2. The van der Waals surface area contributed by atoms with Gasteiger partial charge in [0, 0.05) is 13.2 Å². The highest BCUT2D eigenvalue weighted by atomic mass is 16.5. The van der Waals surface area contributed by atoms with Crippen LogP contribution in [0.3, 0.4) is 0 Å². The first-order valence-corrected chi connectivity index (χ1v) is 8.98. The maximum Gasteiger partial charge on any atom is 0.306 e. The zero-order valence-electron chi connectivity index (χ0n) is 14.0. The van der Waals surface area contributed by atoms with Crippen LogP contribution in [0, 0.1) is 5.92 Å². The van der Waals surface area contributed by atoms with Gasteiger partial charge in [-0.2, -0.15) is 0 Å². The molecule has 1 aliphatic heterocycles. The Kier molecular flexibility index (Phi) is 7.82. The summed E-state index contributed by atoms with van der Waals surface area (Å²) in [5.41, 5.74) is 0. The van der Waals surface area contributed by atoms with Crippen LogP contribution in [0.4, 0.5) is 0 Å². The fourth-order valence-corrected chi connectivity index (χ4v) is 3.38. The highest BCUT2D eigenvalue weighted by Gasteiger charge is 2.25. The lowest BCUT2D eigenvalue weighted by atomic mass is 9.97. The van der Waals surface area contributed by atoms with Crippen LogP contribution in [0.25, 0.3) is 0 Å². The van der Waals surface area contributed by atoms with Crippen LogP contribution in [0.15, 0.2) is 0 Å². The molecule has 1 heterocycles. The van der Waals surface area contributed by atoms with E-state index in [1.807, 2.05) is 4.90 Å². The van der Waals surface area contributed by atoms with Crippen LogP contribution in [-0.2, 0) is 14.3 Å². The molecule has 2 rings (SSSR count). The molecule has 0 aromatic rings. The average Bonchev–Trinajstić information content (AvgIpc) is 2.56. The van der Waals surface area contributed by atoms with E-state index < -0.39 is 5.97 Å². The van der Waals surface area contributed by atoms with E-state index in [0.29, 0.717) is 45.1 Å². The number of carbonyl (C=O) groups is 2. The van der Waals surface area contributed by atoms with Crippen molar-refractivity contribution < 1.29 is 19.4 Å². The molecule has 1 saturated carbocycles. The van der Waals surface area contributed by atoms with E-state index in [0.717, 1.165) is 13.0 Å². The monoisotopic (exact) mass is 326 g/mol. The van der Waals surface area contributed by atoms with E-state index in [9.17, 15) is 9.59 Å².